The van der Waals surface area contributed by atoms with Crippen molar-refractivity contribution in [1.29, 1.82) is 5.26 Å². The molecule has 1 aromatic rings. The summed E-state index contributed by atoms with van der Waals surface area (Å²) in [5.74, 6) is 0.520. The predicted octanol–water partition coefficient (Wildman–Crippen LogP) is 1.41. The second-order valence-electron chi connectivity index (χ2n) is 1.75. The van der Waals surface area contributed by atoms with Crippen molar-refractivity contribution in [3.8, 4) is 6.07 Å². The van der Waals surface area contributed by atoms with Gasteiger partial charge in [-0.15, -0.1) is 0 Å². The average molecular weight is 248 g/mol. The predicted molar refractivity (Wildman–Crippen MR) is 44.0 cm³/mol. The third-order valence-corrected chi connectivity index (χ3v) is 1.62. The van der Waals surface area contributed by atoms with E-state index in [4.69, 9.17) is 15.4 Å². The Balaban J connectivity index is 2.87. The maximum absolute atomic E-state index is 8.36. The fourth-order valence-electron chi connectivity index (χ4n) is 0.559. The smallest absolute Gasteiger partial charge is 0.164 e. The first-order valence-corrected chi connectivity index (χ1v) is 3.72. The molecule has 0 fully saturated rings. The molecule has 0 spiro atoms. The zero-order chi connectivity index (χ0) is 7.56. The summed E-state index contributed by atoms with van der Waals surface area (Å²) in [6, 6.07) is 4.71. The molecule has 4 heteroatoms. The van der Waals surface area contributed by atoms with E-state index in [0.29, 0.717) is 5.76 Å². The molecule has 0 amide bonds. The molecule has 1 atom stereocenters. The van der Waals surface area contributed by atoms with Crippen LogP contribution in [-0.2, 0) is 0 Å². The zero-order valence-electron chi connectivity index (χ0n) is 5.04. The maximum Gasteiger partial charge on any atom is 0.164 e. The van der Waals surface area contributed by atoms with Crippen molar-refractivity contribution < 1.29 is 4.42 Å². The Labute approximate surface area is 71.9 Å². The Morgan fingerprint density at radius 2 is 2.40 bits per heavy atom. The van der Waals surface area contributed by atoms with E-state index in [1.54, 1.807) is 12.1 Å². The van der Waals surface area contributed by atoms with Crippen LogP contribution < -0.4 is 5.73 Å². The van der Waals surface area contributed by atoms with Gasteiger partial charge in [0.15, 0.2) is 9.81 Å². The lowest BCUT2D eigenvalue weighted by Crippen LogP contribution is -2.05. The number of furan rings is 1. The molecular formula is C6H5IN2O. The molecular weight excluding hydrogens is 243 g/mol. The fourth-order valence-corrected chi connectivity index (χ4v) is 0.993. The van der Waals surface area contributed by atoms with Crippen molar-refractivity contribution in [2.75, 3.05) is 0 Å². The van der Waals surface area contributed by atoms with Crippen LogP contribution in [0.5, 0.6) is 0 Å². The minimum atomic E-state index is -0.636. The van der Waals surface area contributed by atoms with Gasteiger partial charge in [-0.05, 0) is 34.7 Å². The molecule has 0 bridgehead atoms. The summed E-state index contributed by atoms with van der Waals surface area (Å²) >= 11 is 2.02. The standard InChI is InChI=1S/C6H5IN2O/c7-6-2-1-5(10-6)4(9)3-8/h1-2,4H,9H2. The van der Waals surface area contributed by atoms with Crippen molar-refractivity contribution in [2.24, 2.45) is 5.73 Å². The molecule has 1 rings (SSSR count). The van der Waals surface area contributed by atoms with E-state index in [1.807, 2.05) is 28.7 Å². The van der Waals surface area contributed by atoms with Crippen molar-refractivity contribution in [2.45, 2.75) is 6.04 Å². The topological polar surface area (TPSA) is 63.0 Å². The molecule has 1 aromatic heterocycles. The van der Waals surface area contributed by atoms with E-state index in [9.17, 15) is 0 Å². The normalized spacial score (nSPS) is 12.5. The summed E-state index contributed by atoms with van der Waals surface area (Å²) in [5.41, 5.74) is 5.35. The van der Waals surface area contributed by atoms with Crippen LogP contribution >= 0.6 is 22.6 Å². The molecule has 0 aliphatic rings. The van der Waals surface area contributed by atoms with Gasteiger partial charge in [0.1, 0.15) is 5.76 Å². The summed E-state index contributed by atoms with van der Waals surface area (Å²) in [7, 11) is 0. The molecule has 3 nitrogen and oxygen atoms in total. The average Bonchev–Trinajstić information content (AvgIpc) is 2.34. The lowest BCUT2D eigenvalue weighted by atomic mass is 10.3. The van der Waals surface area contributed by atoms with Crippen molar-refractivity contribution in [3.63, 3.8) is 0 Å². The zero-order valence-corrected chi connectivity index (χ0v) is 7.20. The molecule has 2 N–H and O–H groups in total. The number of nitrogens with zero attached hydrogens (tertiary/aromatic N) is 1. The molecule has 0 aliphatic carbocycles. The lowest BCUT2D eigenvalue weighted by Gasteiger charge is -1.93. The molecule has 1 unspecified atom stereocenters. The first-order chi connectivity index (χ1) is 4.74. The monoisotopic (exact) mass is 248 g/mol. The van der Waals surface area contributed by atoms with Crippen LogP contribution in [0.2, 0.25) is 0 Å². The second-order valence-corrected chi connectivity index (χ2v) is 2.81. The molecule has 0 radical (unpaired) electrons. The minimum Gasteiger partial charge on any atom is -0.453 e. The highest BCUT2D eigenvalue weighted by atomic mass is 127. The van der Waals surface area contributed by atoms with E-state index in [0.717, 1.165) is 3.77 Å². The number of rotatable bonds is 1. The number of halogens is 1. The molecule has 0 saturated heterocycles. The third-order valence-electron chi connectivity index (χ3n) is 1.04. The van der Waals surface area contributed by atoms with Gasteiger partial charge >= 0.3 is 0 Å². The van der Waals surface area contributed by atoms with E-state index in [2.05, 4.69) is 0 Å². The maximum atomic E-state index is 8.36. The van der Waals surface area contributed by atoms with Crippen molar-refractivity contribution >= 4 is 22.6 Å². The fraction of sp³-hybridized carbons (Fsp3) is 0.167. The largest absolute Gasteiger partial charge is 0.453 e. The number of nitrogens with two attached hydrogens (primary N) is 1. The number of hydrogen-bond donors (Lipinski definition) is 1. The Hall–Kier alpha value is -0.540. The summed E-state index contributed by atoms with van der Waals surface area (Å²) in [6.07, 6.45) is 0. The van der Waals surface area contributed by atoms with E-state index in [1.165, 1.54) is 0 Å². The SMILES string of the molecule is N#CC(N)c1ccc(I)o1. The van der Waals surface area contributed by atoms with Crippen LogP contribution in [-0.4, -0.2) is 0 Å². The summed E-state index contributed by atoms with van der Waals surface area (Å²) in [6.45, 7) is 0. The van der Waals surface area contributed by atoms with E-state index < -0.39 is 6.04 Å². The first-order valence-electron chi connectivity index (χ1n) is 2.64. The van der Waals surface area contributed by atoms with Gasteiger partial charge < -0.3 is 10.2 Å². The summed E-state index contributed by atoms with van der Waals surface area (Å²) in [4.78, 5) is 0. The molecule has 0 saturated carbocycles. The van der Waals surface area contributed by atoms with Gasteiger partial charge in [0.05, 0.1) is 6.07 Å². The van der Waals surface area contributed by atoms with Gasteiger partial charge in [0.2, 0.25) is 0 Å². The van der Waals surface area contributed by atoms with Gasteiger partial charge in [0, 0.05) is 0 Å². The molecule has 0 aromatic carbocycles. The Kier molecular flexibility index (Phi) is 2.29. The van der Waals surface area contributed by atoms with Gasteiger partial charge in [-0.2, -0.15) is 5.26 Å². The summed E-state index contributed by atoms with van der Waals surface area (Å²) in [5, 5.41) is 8.36. The second kappa shape index (κ2) is 3.03. The van der Waals surface area contributed by atoms with Crippen LogP contribution in [0.1, 0.15) is 11.8 Å². The number of hydrogen-bond acceptors (Lipinski definition) is 3. The van der Waals surface area contributed by atoms with Crippen molar-refractivity contribution in [1.82, 2.24) is 0 Å². The van der Waals surface area contributed by atoms with E-state index in [-0.39, 0.29) is 0 Å². The highest BCUT2D eigenvalue weighted by Gasteiger charge is 2.07. The van der Waals surface area contributed by atoms with Crippen molar-refractivity contribution in [3.05, 3.63) is 21.7 Å². The van der Waals surface area contributed by atoms with Gasteiger partial charge in [-0.1, -0.05) is 0 Å². The Morgan fingerprint density at radius 1 is 1.70 bits per heavy atom. The van der Waals surface area contributed by atoms with Gasteiger partial charge in [-0.25, -0.2) is 0 Å². The summed E-state index contributed by atoms with van der Waals surface area (Å²) < 4.78 is 5.82. The van der Waals surface area contributed by atoms with E-state index >= 15 is 0 Å². The van der Waals surface area contributed by atoms with Crippen LogP contribution in [0.25, 0.3) is 0 Å². The van der Waals surface area contributed by atoms with Gasteiger partial charge in [0.25, 0.3) is 0 Å². The van der Waals surface area contributed by atoms with Gasteiger partial charge in [-0.3, -0.25) is 0 Å². The van der Waals surface area contributed by atoms with Crippen LogP contribution in [0.3, 0.4) is 0 Å². The molecule has 52 valence electrons. The lowest BCUT2D eigenvalue weighted by molar-refractivity contribution is 0.474. The minimum absolute atomic E-state index is 0.520. The first kappa shape index (κ1) is 7.57. The Bertz CT molecular complexity index is 263. The molecule has 0 aliphatic heterocycles. The van der Waals surface area contributed by atoms with Crippen LogP contribution in [0.15, 0.2) is 16.5 Å². The van der Waals surface area contributed by atoms with Crippen LogP contribution in [0.4, 0.5) is 0 Å². The van der Waals surface area contributed by atoms with Crippen LogP contribution in [0, 0.1) is 15.1 Å². The highest BCUT2D eigenvalue weighted by Crippen LogP contribution is 2.14. The quantitative estimate of drug-likeness (QED) is 0.764. The number of nitriles is 1. The Morgan fingerprint density at radius 3 is 2.80 bits per heavy atom. The molecule has 10 heavy (non-hydrogen) atoms. The third kappa shape index (κ3) is 1.49. The highest BCUT2D eigenvalue weighted by molar-refractivity contribution is 14.1. The molecule has 1 heterocycles.